The van der Waals surface area contributed by atoms with Crippen LogP contribution in [0, 0.1) is 5.82 Å². The summed E-state index contributed by atoms with van der Waals surface area (Å²) >= 11 is 6.12. The Kier molecular flexibility index (Phi) is 7.01. The molecule has 6 heteroatoms. The van der Waals surface area contributed by atoms with Gasteiger partial charge in [-0.15, -0.1) is 0 Å². The first-order valence-corrected chi connectivity index (χ1v) is 9.85. The molecule has 0 aliphatic carbocycles. The van der Waals surface area contributed by atoms with Crippen molar-refractivity contribution in [3.8, 4) is 11.5 Å². The number of benzene rings is 3. The van der Waals surface area contributed by atoms with Gasteiger partial charge in [-0.25, -0.2) is 8.97 Å². The third-order valence-corrected chi connectivity index (χ3v) is 5.52. The van der Waals surface area contributed by atoms with Crippen molar-refractivity contribution in [2.75, 3.05) is 20.8 Å². The minimum absolute atomic E-state index is 0. The lowest BCUT2D eigenvalue weighted by Crippen LogP contribution is -3.00. The van der Waals surface area contributed by atoms with E-state index in [1.807, 2.05) is 48.5 Å². The Bertz CT molecular complexity index is 1080. The standard InChI is InChI=1S/C24H22ClFNO2.ClH/c1-28-22-13-17-11-12-27(15-18-5-3-4-6-21(18)26)24(20(17)14-23(22)29-2)16-7-9-19(25)10-8-16;/h3-10,13-14H,11-12,15H2,1-2H3;1H/q+1;/p-1. The maximum Gasteiger partial charge on any atom is 0.215 e. The van der Waals surface area contributed by atoms with E-state index in [1.54, 1.807) is 20.3 Å². The van der Waals surface area contributed by atoms with Gasteiger partial charge >= 0.3 is 0 Å². The van der Waals surface area contributed by atoms with Crippen molar-refractivity contribution in [3.05, 3.63) is 93.8 Å². The first-order chi connectivity index (χ1) is 14.1. The maximum absolute atomic E-state index is 14.4. The highest BCUT2D eigenvalue weighted by atomic mass is 35.5. The zero-order valence-corrected chi connectivity index (χ0v) is 18.3. The second-order valence-corrected chi connectivity index (χ2v) is 7.42. The number of hydrogen-bond donors (Lipinski definition) is 0. The van der Waals surface area contributed by atoms with Crippen LogP contribution in [0.4, 0.5) is 4.39 Å². The van der Waals surface area contributed by atoms with Gasteiger partial charge in [0.2, 0.25) is 5.71 Å². The Morgan fingerprint density at radius 1 is 0.967 bits per heavy atom. The molecule has 0 spiro atoms. The molecule has 0 N–H and O–H groups in total. The zero-order chi connectivity index (χ0) is 20.4. The summed E-state index contributed by atoms with van der Waals surface area (Å²) in [5, 5.41) is 0.679. The predicted octanol–water partition coefficient (Wildman–Crippen LogP) is 2.11. The van der Waals surface area contributed by atoms with Crippen molar-refractivity contribution in [1.82, 2.24) is 0 Å². The van der Waals surface area contributed by atoms with Gasteiger partial charge in [-0.1, -0.05) is 23.7 Å². The fourth-order valence-corrected chi connectivity index (χ4v) is 3.95. The molecule has 0 bridgehead atoms. The second-order valence-electron chi connectivity index (χ2n) is 6.98. The highest BCUT2D eigenvalue weighted by molar-refractivity contribution is 6.30. The van der Waals surface area contributed by atoms with E-state index in [0.717, 1.165) is 29.8 Å². The molecule has 0 radical (unpaired) electrons. The number of nitrogens with zero attached hydrogens (tertiary/aromatic N) is 1. The highest BCUT2D eigenvalue weighted by Crippen LogP contribution is 2.34. The van der Waals surface area contributed by atoms with Crippen molar-refractivity contribution in [2.45, 2.75) is 13.0 Å². The quantitative estimate of drug-likeness (QED) is 0.560. The average molecular weight is 446 g/mol. The molecule has 1 aliphatic rings. The van der Waals surface area contributed by atoms with E-state index < -0.39 is 0 Å². The van der Waals surface area contributed by atoms with E-state index >= 15 is 0 Å². The van der Waals surface area contributed by atoms with E-state index in [2.05, 4.69) is 4.58 Å². The Morgan fingerprint density at radius 3 is 2.30 bits per heavy atom. The fraction of sp³-hybridized carbons (Fsp3) is 0.208. The summed E-state index contributed by atoms with van der Waals surface area (Å²) in [5.41, 5.74) is 4.97. The Hall–Kier alpha value is -2.56. The minimum atomic E-state index is -0.193. The summed E-state index contributed by atoms with van der Waals surface area (Å²) in [7, 11) is 3.27. The second kappa shape index (κ2) is 9.50. The maximum atomic E-state index is 14.4. The first kappa shape index (κ1) is 22.1. The van der Waals surface area contributed by atoms with Crippen LogP contribution in [0.3, 0.4) is 0 Å². The largest absolute Gasteiger partial charge is 1.00 e. The summed E-state index contributed by atoms with van der Waals surface area (Å²) < 4.78 is 27.6. The molecular weight excluding hydrogens is 424 g/mol. The van der Waals surface area contributed by atoms with Gasteiger partial charge in [0.15, 0.2) is 18.0 Å². The normalized spacial score (nSPS) is 12.8. The summed E-state index contributed by atoms with van der Waals surface area (Å²) in [6.45, 7) is 1.26. The molecule has 0 fully saturated rings. The van der Waals surface area contributed by atoms with Gasteiger partial charge in [0.05, 0.1) is 25.3 Å². The zero-order valence-electron chi connectivity index (χ0n) is 16.8. The number of rotatable bonds is 5. The Balaban J connectivity index is 0.00000256. The van der Waals surface area contributed by atoms with Gasteiger partial charge < -0.3 is 21.9 Å². The van der Waals surface area contributed by atoms with Crippen molar-refractivity contribution in [2.24, 2.45) is 0 Å². The molecule has 0 saturated heterocycles. The van der Waals surface area contributed by atoms with Crippen LogP contribution in [0.2, 0.25) is 5.02 Å². The number of methoxy groups -OCH3 is 2. The molecule has 30 heavy (non-hydrogen) atoms. The van der Waals surface area contributed by atoms with E-state index in [-0.39, 0.29) is 18.2 Å². The summed E-state index contributed by atoms with van der Waals surface area (Å²) in [5.74, 6) is 1.19. The number of halogens is 3. The molecule has 0 unspecified atom stereocenters. The van der Waals surface area contributed by atoms with E-state index in [0.29, 0.717) is 28.6 Å². The van der Waals surface area contributed by atoms with Crippen LogP contribution in [-0.4, -0.2) is 31.1 Å². The van der Waals surface area contributed by atoms with Gasteiger partial charge in [-0.2, -0.15) is 0 Å². The van der Waals surface area contributed by atoms with Crippen molar-refractivity contribution >= 4 is 17.3 Å². The van der Waals surface area contributed by atoms with Crippen LogP contribution in [0.15, 0.2) is 60.7 Å². The Labute approximate surface area is 187 Å². The number of hydrogen-bond acceptors (Lipinski definition) is 2. The third kappa shape index (κ3) is 4.30. The fourth-order valence-electron chi connectivity index (χ4n) is 3.82. The topological polar surface area (TPSA) is 21.5 Å². The van der Waals surface area contributed by atoms with E-state index in [9.17, 15) is 4.39 Å². The highest BCUT2D eigenvalue weighted by Gasteiger charge is 2.29. The Morgan fingerprint density at radius 2 is 1.63 bits per heavy atom. The lowest BCUT2D eigenvalue weighted by atomic mass is 9.91. The van der Waals surface area contributed by atoms with Crippen LogP contribution in [0.25, 0.3) is 0 Å². The van der Waals surface area contributed by atoms with Crippen LogP contribution >= 0.6 is 11.6 Å². The van der Waals surface area contributed by atoms with Crippen molar-refractivity contribution < 1.29 is 30.8 Å². The molecule has 3 nitrogen and oxygen atoms in total. The van der Waals surface area contributed by atoms with Crippen molar-refractivity contribution in [1.29, 1.82) is 0 Å². The van der Waals surface area contributed by atoms with Crippen molar-refractivity contribution in [3.63, 3.8) is 0 Å². The number of ether oxygens (including phenoxy) is 2. The van der Waals surface area contributed by atoms with E-state index in [1.165, 1.54) is 11.6 Å². The van der Waals surface area contributed by atoms with Crippen LogP contribution < -0.4 is 21.9 Å². The van der Waals surface area contributed by atoms with Crippen LogP contribution in [0.1, 0.15) is 22.3 Å². The molecule has 0 atom stereocenters. The first-order valence-electron chi connectivity index (χ1n) is 9.47. The monoisotopic (exact) mass is 445 g/mol. The van der Waals surface area contributed by atoms with Gasteiger partial charge in [0.25, 0.3) is 0 Å². The summed E-state index contributed by atoms with van der Waals surface area (Å²) in [6, 6.07) is 18.7. The van der Waals surface area contributed by atoms with Crippen LogP contribution in [-0.2, 0) is 13.0 Å². The molecule has 1 aliphatic heterocycles. The predicted molar refractivity (Wildman–Crippen MR) is 113 cm³/mol. The third-order valence-electron chi connectivity index (χ3n) is 5.27. The minimum Gasteiger partial charge on any atom is -1.00 e. The average Bonchev–Trinajstić information content (AvgIpc) is 2.75. The lowest BCUT2D eigenvalue weighted by Gasteiger charge is -2.21. The van der Waals surface area contributed by atoms with Gasteiger partial charge in [0, 0.05) is 17.0 Å². The van der Waals surface area contributed by atoms with Gasteiger partial charge in [-0.05, 0) is 54.1 Å². The molecular formula is C24H22Cl2FNO2. The molecule has 0 saturated carbocycles. The molecule has 4 rings (SSSR count). The van der Waals surface area contributed by atoms with E-state index in [4.69, 9.17) is 21.1 Å². The SMILES string of the molecule is COc1cc2c(cc1OC)C(c1ccc(Cl)cc1)=[N+](Cc1ccccc1F)CC2.[Cl-]. The molecule has 156 valence electrons. The number of fused-ring (bicyclic) bond motifs is 1. The summed E-state index contributed by atoms with van der Waals surface area (Å²) in [6.07, 6.45) is 0.835. The van der Waals surface area contributed by atoms with Gasteiger partial charge in [0.1, 0.15) is 12.4 Å². The molecule has 0 amide bonds. The molecule has 3 aromatic rings. The smallest absolute Gasteiger partial charge is 0.215 e. The van der Waals surface area contributed by atoms with Crippen LogP contribution in [0.5, 0.6) is 11.5 Å². The van der Waals surface area contributed by atoms with Gasteiger partial charge in [-0.3, -0.25) is 0 Å². The lowest BCUT2D eigenvalue weighted by molar-refractivity contribution is -0.544. The molecule has 3 aromatic carbocycles. The molecule has 0 aromatic heterocycles. The molecule has 1 heterocycles. The summed E-state index contributed by atoms with van der Waals surface area (Å²) in [4.78, 5) is 0.